The number of thiazole rings is 1. The van der Waals surface area contributed by atoms with Gasteiger partial charge in [0.1, 0.15) is 11.8 Å². The van der Waals surface area contributed by atoms with Crippen LogP contribution in [0.3, 0.4) is 0 Å². The van der Waals surface area contributed by atoms with E-state index in [4.69, 9.17) is 9.47 Å². The van der Waals surface area contributed by atoms with Crippen molar-refractivity contribution in [2.24, 2.45) is 5.92 Å². The average Bonchev–Trinajstić information content (AvgIpc) is 3.75. The number of nitrogens with zero attached hydrogens (tertiary/aromatic N) is 2. The number of nitrogens with one attached hydrogen (secondary N) is 1. The molecule has 2 aliphatic heterocycles. The van der Waals surface area contributed by atoms with Gasteiger partial charge in [-0.1, -0.05) is 29.2 Å². The Hall–Kier alpha value is -4.53. The van der Waals surface area contributed by atoms with Crippen LogP contribution in [0.2, 0.25) is 0 Å². The van der Waals surface area contributed by atoms with E-state index < -0.39 is 46.7 Å². The number of esters is 2. The standard InChI is InChI=1S/C32H27N3O8S3/c1-3-42-30(39)17-7-11-19(12-8-17)33-22(36)16-34-29-26(46-32(34)41)23(21-6-5-15-44-21)24-25(45-29)28(38)35(27(24)37)20-13-9-18(10-14-20)31(40)43-4-2/h5-15,23-25H,3-4,16H2,1-2H3,(H,33,36)/t23-,24?,25?/m1/s1. The summed E-state index contributed by atoms with van der Waals surface area (Å²) in [7, 11) is 0. The number of hydrogen-bond acceptors (Lipinski definition) is 11. The molecule has 4 aromatic rings. The van der Waals surface area contributed by atoms with E-state index in [9.17, 15) is 28.8 Å². The molecule has 0 bridgehead atoms. The zero-order valence-electron chi connectivity index (χ0n) is 24.6. The molecule has 46 heavy (non-hydrogen) atoms. The summed E-state index contributed by atoms with van der Waals surface area (Å²) in [4.78, 5) is 80.6. The molecule has 0 spiro atoms. The fourth-order valence-electron chi connectivity index (χ4n) is 5.49. The Balaban J connectivity index is 1.28. The molecular weight excluding hydrogens is 651 g/mol. The lowest BCUT2D eigenvalue weighted by atomic mass is 9.87. The molecule has 2 aromatic heterocycles. The highest BCUT2D eigenvalue weighted by Gasteiger charge is 2.57. The molecule has 2 aromatic carbocycles. The third-order valence-electron chi connectivity index (χ3n) is 7.52. The predicted octanol–water partition coefficient (Wildman–Crippen LogP) is 4.76. The Morgan fingerprint density at radius 3 is 2.07 bits per heavy atom. The monoisotopic (exact) mass is 677 g/mol. The molecule has 2 aliphatic rings. The van der Waals surface area contributed by atoms with Crippen LogP contribution in [-0.4, -0.2) is 52.7 Å². The summed E-state index contributed by atoms with van der Waals surface area (Å²) in [6.45, 7) is 3.56. The normalized spacial score (nSPS) is 18.6. The zero-order valence-corrected chi connectivity index (χ0v) is 27.0. The average molecular weight is 678 g/mol. The third-order valence-corrected chi connectivity index (χ3v) is 11.1. The van der Waals surface area contributed by atoms with Crippen molar-refractivity contribution < 1.29 is 33.4 Å². The van der Waals surface area contributed by atoms with Crippen LogP contribution >= 0.6 is 34.4 Å². The number of ether oxygens (including phenoxy) is 2. The van der Waals surface area contributed by atoms with Gasteiger partial charge in [0.05, 0.1) is 41.0 Å². The highest BCUT2D eigenvalue weighted by molar-refractivity contribution is 8.00. The molecule has 3 atom stereocenters. The highest BCUT2D eigenvalue weighted by Crippen LogP contribution is 2.54. The van der Waals surface area contributed by atoms with Crippen LogP contribution in [0.25, 0.3) is 0 Å². The number of hydrogen-bond donors (Lipinski definition) is 1. The van der Waals surface area contributed by atoms with E-state index in [1.54, 1.807) is 38.1 Å². The van der Waals surface area contributed by atoms with Gasteiger partial charge < -0.3 is 14.8 Å². The SMILES string of the molecule is CCOC(=O)c1ccc(NC(=O)Cn2c3c(sc2=O)[C@H](c2cccs2)C2C(=O)N(c4ccc(C(=O)OCC)cc4)C(=O)C2S3)cc1. The smallest absolute Gasteiger partial charge is 0.338 e. The van der Waals surface area contributed by atoms with Crippen molar-refractivity contribution >= 4 is 75.5 Å². The van der Waals surface area contributed by atoms with Gasteiger partial charge in [-0.15, -0.1) is 11.3 Å². The summed E-state index contributed by atoms with van der Waals surface area (Å²) >= 11 is 3.52. The lowest BCUT2D eigenvalue weighted by Crippen LogP contribution is -2.32. The number of aromatic nitrogens is 1. The van der Waals surface area contributed by atoms with Crippen molar-refractivity contribution in [1.82, 2.24) is 4.57 Å². The Morgan fingerprint density at radius 2 is 1.48 bits per heavy atom. The third kappa shape index (κ3) is 5.79. The molecule has 1 N–H and O–H groups in total. The lowest BCUT2D eigenvalue weighted by molar-refractivity contribution is -0.122. The molecular formula is C32H27N3O8S3. The van der Waals surface area contributed by atoms with Crippen molar-refractivity contribution in [1.29, 1.82) is 0 Å². The minimum Gasteiger partial charge on any atom is -0.462 e. The Labute approximate surface area is 275 Å². The minimum atomic E-state index is -0.837. The number of imide groups is 1. The van der Waals surface area contributed by atoms with E-state index in [0.29, 0.717) is 32.4 Å². The molecule has 0 aliphatic carbocycles. The fourth-order valence-corrected chi connectivity index (χ4v) is 9.21. The molecule has 2 unspecified atom stereocenters. The van der Waals surface area contributed by atoms with Crippen LogP contribution in [0.15, 0.2) is 75.9 Å². The van der Waals surface area contributed by atoms with E-state index in [1.807, 2.05) is 17.5 Å². The maximum absolute atomic E-state index is 14.0. The van der Waals surface area contributed by atoms with Gasteiger partial charge in [0, 0.05) is 21.4 Å². The van der Waals surface area contributed by atoms with Gasteiger partial charge in [-0.2, -0.15) is 0 Å². The number of amides is 3. The van der Waals surface area contributed by atoms with Crippen molar-refractivity contribution in [3.8, 4) is 0 Å². The molecule has 14 heteroatoms. The number of anilines is 2. The predicted molar refractivity (Wildman–Crippen MR) is 174 cm³/mol. The van der Waals surface area contributed by atoms with Crippen LogP contribution in [0.5, 0.6) is 0 Å². The first kappa shape index (κ1) is 31.5. The van der Waals surface area contributed by atoms with Gasteiger partial charge in [-0.3, -0.25) is 23.7 Å². The van der Waals surface area contributed by atoms with E-state index in [-0.39, 0.29) is 24.6 Å². The summed E-state index contributed by atoms with van der Waals surface area (Å²) in [5, 5.41) is 4.26. The second-order valence-electron chi connectivity index (χ2n) is 10.3. The molecule has 1 saturated heterocycles. The molecule has 4 heterocycles. The van der Waals surface area contributed by atoms with Crippen LogP contribution in [0.1, 0.15) is 50.2 Å². The van der Waals surface area contributed by atoms with Gasteiger partial charge in [-0.25, -0.2) is 14.5 Å². The second kappa shape index (κ2) is 13.1. The van der Waals surface area contributed by atoms with E-state index >= 15 is 0 Å². The molecule has 0 radical (unpaired) electrons. The number of fused-ring (bicyclic) bond motifs is 2. The molecule has 11 nitrogen and oxygen atoms in total. The first-order valence-electron chi connectivity index (χ1n) is 14.4. The van der Waals surface area contributed by atoms with Crippen LogP contribution in [0, 0.1) is 5.92 Å². The molecule has 236 valence electrons. The number of carbonyl (C=O) groups excluding carboxylic acids is 5. The summed E-state index contributed by atoms with van der Waals surface area (Å²) < 4.78 is 11.4. The van der Waals surface area contributed by atoms with Gasteiger partial charge in [0.15, 0.2) is 0 Å². The van der Waals surface area contributed by atoms with Gasteiger partial charge in [0.25, 0.3) is 0 Å². The van der Waals surface area contributed by atoms with Crippen LogP contribution in [-0.2, 0) is 30.4 Å². The molecule has 3 amide bonds. The van der Waals surface area contributed by atoms with Crippen molar-refractivity contribution in [2.45, 2.75) is 36.6 Å². The van der Waals surface area contributed by atoms with Crippen molar-refractivity contribution in [3.05, 3.63) is 96.6 Å². The van der Waals surface area contributed by atoms with Crippen LogP contribution < -0.4 is 15.1 Å². The van der Waals surface area contributed by atoms with Crippen LogP contribution in [0.4, 0.5) is 11.4 Å². The van der Waals surface area contributed by atoms with E-state index in [1.165, 1.54) is 40.2 Å². The van der Waals surface area contributed by atoms with Crippen molar-refractivity contribution in [3.63, 3.8) is 0 Å². The Morgan fingerprint density at radius 1 is 0.848 bits per heavy atom. The molecule has 6 rings (SSSR count). The van der Waals surface area contributed by atoms with Gasteiger partial charge in [-0.05, 0) is 73.8 Å². The molecule has 1 fully saturated rings. The van der Waals surface area contributed by atoms with E-state index in [0.717, 1.165) is 32.9 Å². The fraction of sp³-hybridized carbons (Fsp3) is 0.250. The summed E-state index contributed by atoms with van der Waals surface area (Å²) in [6, 6.07) is 16.0. The van der Waals surface area contributed by atoms with Crippen molar-refractivity contribution in [2.75, 3.05) is 23.4 Å². The summed E-state index contributed by atoms with van der Waals surface area (Å²) in [5.74, 6) is -3.61. The highest BCUT2D eigenvalue weighted by atomic mass is 32.2. The summed E-state index contributed by atoms with van der Waals surface area (Å²) in [5.41, 5.74) is 1.40. The second-order valence-corrected chi connectivity index (χ2v) is 13.4. The largest absolute Gasteiger partial charge is 0.462 e. The Kier molecular flexibility index (Phi) is 8.93. The quantitative estimate of drug-likeness (QED) is 0.196. The number of rotatable bonds is 9. The number of thiophene rings is 1. The molecule has 0 saturated carbocycles. The topological polar surface area (TPSA) is 141 Å². The van der Waals surface area contributed by atoms with E-state index in [2.05, 4.69) is 5.32 Å². The zero-order chi connectivity index (χ0) is 32.5. The maximum atomic E-state index is 14.0. The number of benzene rings is 2. The Bertz CT molecular complexity index is 1880. The van der Waals surface area contributed by atoms with Gasteiger partial charge >= 0.3 is 16.8 Å². The van der Waals surface area contributed by atoms with Gasteiger partial charge in [0.2, 0.25) is 17.7 Å². The first-order chi connectivity index (χ1) is 22.2. The first-order valence-corrected chi connectivity index (χ1v) is 16.9. The lowest BCUT2D eigenvalue weighted by Gasteiger charge is -2.29. The maximum Gasteiger partial charge on any atom is 0.338 e. The number of carbonyl (C=O) groups is 5. The summed E-state index contributed by atoms with van der Waals surface area (Å²) in [6.07, 6.45) is 0. The minimum absolute atomic E-state index is 0.218. The number of thioether (sulfide) groups is 1.